The highest BCUT2D eigenvalue weighted by Crippen LogP contribution is 2.28. The van der Waals surface area contributed by atoms with Crippen molar-refractivity contribution < 1.29 is 9.59 Å². The highest BCUT2D eigenvalue weighted by Gasteiger charge is 2.38. The van der Waals surface area contributed by atoms with E-state index in [0.29, 0.717) is 19.5 Å². The number of hydrogen-bond donors (Lipinski definition) is 0. The fourth-order valence-corrected chi connectivity index (χ4v) is 3.87. The zero-order valence-electron chi connectivity index (χ0n) is 14.1. The fourth-order valence-electron chi connectivity index (χ4n) is 3.87. The zero-order valence-corrected chi connectivity index (χ0v) is 14.1. The van der Waals surface area contributed by atoms with E-state index in [1.807, 2.05) is 47.8 Å². The molecule has 6 heteroatoms. The Morgan fingerprint density at radius 2 is 2.00 bits per heavy atom. The summed E-state index contributed by atoms with van der Waals surface area (Å²) in [5, 5.41) is 0. The first-order valence-corrected chi connectivity index (χ1v) is 8.84. The van der Waals surface area contributed by atoms with E-state index in [-0.39, 0.29) is 23.8 Å². The molecule has 0 aliphatic carbocycles. The maximum Gasteiger partial charge on any atom is 0.228 e. The lowest BCUT2D eigenvalue weighted by molar-refractivity contribution is -0.137. The first-order chi connectivity index (χ1) is 12.2. The molecule has 1 aromatic heterocycles. The van der Waals surface area contributed by atoms with Crippen LogP contribution in [-0.2, 0) is 9.59 Å². The highest BCUT2D eigenvalue weighted by molar-refractivity contribution is 6.00. The molecule has 6 nitrogen and oxygen atoms in total. The molecule has 0 radical (unpaired) electrons. The van der Waals surface area contributed by atoms with E-state index in [1.54, 1.807) is 11.1 Å². The molecule has 3 heterocycles. The number of aromatic nitrogens is 2. The largest absolute Gasteiger partial charge is 0.340 e. The summed E-state index contributed by atoms with van der Waals surface area (Å²) in [5.74, 6) is -0.0986. The molecule has 0 unspecified atom stereocenters. The number of carbonyl (C=O) groups excluding carboxylic acids is 2. The Kier molecular flexibility index (Phi) is 4.26. The molecule has 0 N–H and O–H groups in total. The van der Waals surface area contributed by atoms with Crippen molar-refractivity contribution in [2.75, 3.05) is 24.5 Å². The number of nitrogens with zero attached hydrogens (tertiary/aromatic N) is 4. The molecule has 2 aliphatic heterocycles. The van der Waals surface area contributed by atoms with Gasteiger partial charge in [0.2, 0.25) is 11.8 Å². The quantitative estimate of drug-likeness (QED) is 0.861. The predicted octanol–water partition coefficient (Wildman–Crippen LogP) is 2.10. The van der Waals surface area contributed by atoms with Gasteiger partial charge < -0.3 is 14.4 Å². The van der Waals surface area contributed by atoms with Crippen LogP contribution >= 0.6 is 0 Å². The maximum atomic E-state index is 13.0. The summed E-state index contributed by atoms with van der Waals surface area (Å²) < 4.78 is 2.08. The number of carbonyl (C=O) groups is 2. The lowest BCUT2D eigenvalue weighted by Gasteiger charge is -2.34. The Labute approximate surface area is 147 Å². The smallest absolute Gasteiger partial charge is 0.228 e. The third kappa shape index (κ3) is 3.16. The molecule has 4 rings (SSSR count). The molecule has 0 saturated carbocycles. The third-order valence-electron chi connectivity index (χ3n) is 5.20. The van der Waals surface area contributed by atoms with Crippen LogP contribution in [0.3, 0.4) is 0 Å². The van der Waals surface area contributed by atoms with Crippen LogP contribution in [0.1, 0.15) is 25.3 Å². The summed E-state index contributed by atoms with van der Waals surface area (Å²) in [6.45, 7) is 1.96. The average Bonchev–Trinajstić information content (AvgIpc) is 3.32. The number of rotatable bonds is 3. The molecular formula is C19H22N4O2. The van der Waals surface area contributed by atoms with E-state index in [1.165, 1.54) is 0 Å². The van der Waals surface area contributed by atoms with Gasteiger partial charge in [-0.2, -0.15) is 0 Å². The second-order valence-electron chi connectivity index (χ2n) is 6.83. The van der Waals surface area contributed by atoms with Crippen molar-refractivity contribution in [1.82, 2.24) is 14.5 Å². The van der Waals surface area contributed by atoms with Gasteiger partial charge in [-0.1, -0.05) is 18.2 Å². The van der Waals surface area contributed by atoms with E-state index >= 15 is 0 Å². The van der Waals surface area contributed by atoms with Crippen LogP contribution in [0.25, 0.3) is 0 Å². The van der Waals surface area contributed by atoms with Crippen molar-refractivity contribution in [3.8, 4) is 0 Å². The van der Waals surface area contributed by atoms with E-state index in [4.69, 9.17) is 0 Å². The molecule has 130 valence electrons. The Bertz CT molecular complexity index is 744. The second kappa shape index (κ2) is 6.70. The summed E-state index contributed by atoms with van der Waals surface area (Å²) >= 11 is 0. The minimum absolute atomic E-state index is 0.0349. The number of hydrogen-bond acceptors (Lipinski definition) is 3. The lowest BCUT2D eigenvalue weighted by Crippen LogP contribution is -2.44. The van der Waals surface area contributed by atoms with Crippen LogP contribution in [0.15, 0.2) is 49.1 Å². The van der Waals surface area contributed by atoms with Crippen LogP contribution in [0.2, 0.25) is 0 Å². The molecule has 2 aromatic rings. The Balaban J connectivity index is 1.43. The molecule has 2 amide bonds. The van der Waals surface area contributed by atoms with Crippen molar-refractivity contribution in [3.05, 3.63) is 49.1 Å². The summed E-state index contributed by atoms with van der Waals surface area (Å²) in [6.07, 6.45) is 7.88. The topological polar surface area (TPSA) is 58.4 Å². The normalized spacial score (nSPS) is 23.9. The van der Waals surface area contributed by atoms with Crippen LogP contribution < -0.4 is 4.90 Å². The Hall–Kier alpha value is -2.63. The van der Waals surface area contributed by atoms with Crippen LogP contribution in [-0.4, -0.2) is 45.9 Å². The number of amides is 2. The van der Waals surface area contributed by atoms with E-state index in [9.17, 15) is 9.59 Å². The summed E-state index contributed by atoms with van der Waals surface area (Å²) in [7, 11) is 0. The van der Waals surface area contributed by atoms with Crippen molar-refractivity contribution >= 4 is 17.5 Å². The van der Waals surface area contributed by atoms with Gasteiger partial charge in [-0.25, -0.2) is 4.98 Å². The molecular weight excluding hydrogens is 316 g/mol. The standard InChI is InChI=1S/C19H22N4O2/c24-18-11-15(12-23(18)16-5-2-1-3-6-16)19(25)21-9-4-7-17(13-21)22-10-8-20-14-22/h1-3,5-6,8,10,14-15,17H,4,7,9,11-13H2/t15-,17-/m0/s1. The molecule has 2 fully saturated rings. The van der Waals surface area contributed by atoms with Gasteiger partial charge in [-0.3, -0.25) is 9.59 Å². The van der Waals surface area contributed by atoms with Crippen molar-refractivity contribution in [3.63, 3.8) is 0 Å². The minimum Gasteiger partial charge on any atom is -0.340 e. The summed E-state index contributed by atoms with van der Waals surface area (Å²) in [5.41, 5.74) is 0.873. The van der Waals surface area contributed by atoms with Gasteiger partial charge in [-0.15, -0.1) is 0 Å². The van der Waals surface area contributed by atoms with Crippen molar-refractivity contribution in [2.24, 2.45) is 5.92 Å². The van der Waals surface area contributed by atoms with E-state index < -0.39 is 0 Å². The first kappa shape index (κ1) is 15.9. The predicted molar refractivity (Wildman–Crippen MR) is 94.0 cm³/mol. The molecule has 1 aromatic carbocycles. The number of anilines is 1. The highest BCUT2D eigenvalue weighted by atomic mass is 16.2. The fraction of sp³-hybridized carbons (Fsp3) is 0.421. The van der Waals surface area contributed by atoms with Gasteiger partial charge in [0, 0.05) is 44.1 Å². The van der Waals surface area contributed by atoms with E-state index in [2.05, 4.69) is 9.55 Å². The molecule has 2 saturated heterocycles. The third-order valence-corrected chi connectivity index (χ3v) is 5.20. The Morgan fingerprint density at radius 1 is 1.16 bits per heavy atom. The number of piperidine rings is 1. The maximum absolute atomic E-state index is 13.0. The van der Waals surface area contributed by atoms with Crippen molar-refractivity contribution in [1.29, 1.82) is 0 Å². The number of imidazole rings is 1. The lowest BCUT2D eigenvalue weighted by atomic mass is 10.0. The number of likely N-dealkylation sites (tertiary alicyclic amines) is 1. The van der Waals surface area contributed by atoms with Crippen LogP contribution in [0.5, 0.6) is 0 Å². The summed E-state index contributed by atoms with van der Waals surface area (Å²) in [6, 6.07) is 9.87. The van der Waals surface area contributed by atoms with E-state index in [0.717, 1.165) is 25.1 Å². The number of para-hydroxylation sites is 1. The number of benzene rings is 1. The zero-order chi connectivity index (χ0) is 17.2. The monoisotopic (exact) mass is 338 g/mol. The SMILES string of the molecule is O=C([C@H]1CC(=O)N(c2ccccc2)C1)N1CCC[C@H](n2ccnc2)C1. The molecule has 25 heavy (non-hydrogen) atoms. The molecule has 2 atom stereocenters. The van der Waals surface area contributed by atoms with Gasteiger partial charge in [0.15, 0.2) is 0 Å². The van der Waals surface area contributed by atoms with Crippen LogP contribution in [0.4, 0.5) is 5.69 Å². The molecule has 0 bridgehead atoms. The van der Waals surface area contributed by atoms with Gasteiger partial charge >= 0.3 is 0 Å². The molecule has 2 aliphatic rings. The average molecular weight is 338 g/mol. The van der Waals surface area contributed by atoms with Gasteiger partial charge in [0.05, 0.1) is 18.3 Å². The summed E-state index contributed by atoms with van der Waals surface area (Å²) in [4.78, 5) is 33.1. The van der Waals surface area contributed by atoms with Gasteiger partial charge in [-0.05, 0) is 25.0 Å². The second-order valence-corrected chi connectivity index (χ2v) is 6.83. The minimum atomic E-state index is -0.241. The Morgan fingerprint density at radius 3 is 2.76 bits per heavy atom. The van der Waals surface area contributed by atoms with Crippen LogP contribution in [0, 0.1) is 5.92 Å². The molecule has 0 spiro atoms. The first-order valence-electron chi connectivity index (χ1n) is 8.84. The van der Waals surface area contributed by atoms with Gasteiger partial charge in [0.25, 0.3) is 0 Å². The van der Waals surface area contributed by atoms with Crippen molar-refractivity contribution in [2.45, 2.75) is 25.3 Å². The van der Waals surface area contributed by atoms with Gasteiger partial charge in [0.1, 0.15) is 0 Å².